The Bertz CT molecular complexity index is 1000. The van der Waals surface area contributed by atoms with Gasteiger partial charge in [0.1, 0.15) is 5.84 Å². The number of amidine groups is 1. The van der Waals surface area contributed by atoms with Crippen LogP contribution in [-0.2, 0) is 9.59 Å². The zero-order chi connectivity index (χ0) is 21.8. The number of aliphatic carboxylic acids is 1. The average molecular weight is 410 g/mol. The monoisotopic (exact) mass is 410 g/mol. The Balaban J connectivity index is 1.53. The second-order valence-electron chi connectivity index (χ2n) is 7.73. The second-order valence-corrected chi connectivity index (χ2v) is 7.73. The number of carboxylic acids is 1. The van der Waals surface area contributed by atoms with Crippen LogP contribution in [0.4, 0.5) is 0 Å². The topological polar surface area (TPSA) is 145 Å². The molecule has 0 radical (unpaired) electrons. The zero-order valence-corrected chi connectivity index (χ0v) is 16.8. The molecule has 0 bridgehead atoms. The number of nitrogens with two attached hydrogens (primary N) is 1. The molecule has 8 heteroatoms. The number of fused-ring (bicyclic) bond motifs is 1. The van der Waals surface area contributed by atoms with E-state index in [9.17, 15) is 14.4 Å². The van der Waals surface area contributed by atoms with Gasteiger partial charge in [-0.3, -0.25) is 15.0 Å². The van der Waals surface area contributed by atoms with Gasteiger partial charge in [-0.15, -0.1) is 0 Å². The number of carbonyl (C=O) groups is 3. The van der Waals surface area contributed by atoms with Crippen molar-refractivity contribution in [2.24, 2.45) is 11.7 Å². The SMILES string of the molecule is C[C@H](NCC[C@@H]1C[C@H](C(=O)C(=O)O)CN1)C(=O)c1ccc2cc(C(=N)N)ccc2c1. The first-order valence-corrected chi connectivity index (χ1v) is 9.92. The van der Waals surface area contributed by atoms with E-state index in [1.54, 1.807) is 12.1 Å². The Kier molecular flexibility index (Phi) is 6.59. The molecule has 1 saturated heterocycles. The van der Waals surface area contributed by atoms with Gasteiger partial charge in [0.05, 0.1) is 6.04 Å². The third-order valence-corrected chi connectivity index (χ3v) is 5.58. The molecule has 0 spiro atoms. The summed E-state index contributed by atoms with van der Waals surface area (Å²) in [5.74, 6) is -2.62. The lowest BCUT2D eigenvalue weighted by Crippen LogP contribution is -2.37. The number of rotatable bonds is 9. The molecule has 2 aromatic rings. The molecule has 0 amide bonds. The van der Waals surface area contributed by atoms with Crippen molar-refractivity contribution in [1.29, 1.82) is 5.41 Å². The lowest BCUT2D eigenvalue weighted by molar-refractivity contribution is -0.150. The van der Waals surface area contributed by atoms with Gasteiger partial charge in [-0.05, 0) is 49.2 Å². The van der Waals surface area contributed by atoms with Crippen molar-refractivity contribution in [3.8, 4) is 0 Å². The smallest absolute Gasteiger partial charge is 0.372 e. The maximum atomic E-state index is 12.8. The van der Waals surface area contributed by atoms with Gasteiger partial charge in [0.15, 0.2) is 5.78 Å². The van der Waals surface area contributed by atoms with E-state index in [0.717, 1.165) is 10.8 Å². The molecular formula is C22H26N4O4. The Morgan fingerprint density at radius 1 is 1.20 bits per heavy atom. The Hall–Kier alpha value is -3.10. The largest absolute Gasteiger partial charge is 0.475 e. The third kappa shape index (κ3) is 4.90. The molecule has 2 aromatic carbocycles. The van der Waals surface area contributed by atoms with Crippen molar-refractivity contribution in [3.63, 3.8) is 0 Å². The van der Waals surface area contributed by atoms with Gasteiger partial charge >= 0.3 is 5.97 Å². The fourth-order valence-corrected chi connectivity index (χ4v) is 3.80. The summed E-state index contributed by atoms with van der Waals surface area (Å²) in [5.41, 5.74) is 6.77. The van der Waals surface area contributed by atoms with Crippen molar-refractivity contribution in [2.75, 3.05) is 13.1 Å². The number of carboxylic acid groups (broad SMARTS) is 1. The van der Waals surface area contributed by atoms with Crippen molar-refractivity contribution in [1.82, 2.24) is 10.6 Å². The summed E-state index contributed by atoms with van der Waals surface area (Å²) in [6.07, 6.45) is 1.20. The van der Waals surface area contributed by atoms with Crippen LogP contribution in [0.3, 0.4) is 0 Å². The molecule has 3 atom stereocenters. The maximum absolute atomic E-state index is 12.8. The molecule has 1 heterocycles. The van der Waals surface area contributed by atoms with E-state index in [4.69, 9.17) is 16.2 Å². The molecule has 8 nitrogen and oxygen atoms in total. The molecular weight excluding hydrogens is 384 g/mol. The summed E-state index contributed by atoms with van der Waals surface area (Å²) < 4.78 is 0. The molecule has 0 saturated carbocycles. The van der Waals surface area contributed by atoms with Crippen LogP contribution in [0.15, 0.2) is 36.4 Å². The quantitative estimate of drug-likeness (QED) is 0.181. The third-order valence-electron chi connectivity index (χ3n) is 5.58. The van der Waals surface area contributed by atoms with E-state index in [-0.39, 0.29) is 23.7 Å². The molecule has 0 aliphatic carbocycles. The molecule has 3 rings (SSSR count). The highest BCUT2D eigenvalue weighted by molar-refractivity contribution is 6.33. The number of hydrogen-bond acceptors (Lipinski definition) is 6. The Morgan fingerprint density at radius 3 is 2.47 bits per heavy atom. The van der Waals surface area contributed by atoms with E-state index in [1.807, 2.05) is 31.2 Å². The predicted molar refractivity (Wildman–Crippen MR) is 114 cm³/mol. The van der Waals surface area contributed by atoms with Gasteiger partial charge in [0.2, 0.25) is 5.78 Å². The lowest BCUT2D eigenvalue weighted by Gasteiger charge is -2.16. The molecule has 30 heavy (non-hydrogen) atoms. The standard InChI is InChI=1S/C22H26N4O4/c1-12(25-7-6-18-10-17(11-26-18)20(28)22(29)30)19(27)15-4-2-14-9-16(21(23)24)5-3-13(14)8-15/h2-5,8-9,12,17-18,25-26H,6-7,10-11H2,1H3,(H3,23,24)(H,29,30)/t12-,17-,18+/m0/s1. The van der Waals surface area contributed by atoms with E-state index in [1.165, 1.54) is 0 Å². The van der Waals surface area contributed by atoms with Gasteiger partial charge in [0.25, 0.3) is 0 Å². The van der Waals surface area contributed by atoms with E-state index in [2.05, 4.69) is 10.6 Å². The van der Waals surface area contributed by atoms with E-state index in [0.29, 0.717) is 37.1 Å². The molecule has 1 aliphatic rings. The van der Waals surface area contributed by atoms with Crippen molar-refractivity contribution in [3.05, 3.63) is 47.5 Å². The highest BCUT2D eigenvalue weighted by Gasteiger charge is 2.32. The number of nitrogen functional groups attached to an aromatic ring is 1. The van der Waals surface area contributed by atoms with Crippen LogP contribution in [0.25, 0.3) is 10.8 Å². The first-order chi connectivity index (χ1) is 14.3. The average Bonchev–Trinajstić information content (AvgIpc) is 3.20. The minimum Gasteiger partial charge on any atom is -0.475 e. The number of hydrogen-bond donors (Lipinski definition) is 5. The van der Waals surface area contributed by atoms with Crippen LogP contribution in [0.5, 0.6) is 0 Å². The Morgan fingerprint density at radius 2 is 1.83 bits per heavy atom. The molecule has 0 aromatic heterocycles. The van der Waals surface area contributed by atoms with Gasteiger partial charge in [-0.2, -0.15) is 0 Å². The first kappa shape index (κ1) is 21.6. The van der Waals surface area contributed by atoms with Crippen LogP contribution in [-0.4, -0.2) is 53.7 Å². The van der Waals surface area contributed by atoms with Crippen molar-refractivity contribution in [2.45, 2.75) is 31.8 Å². The summed E-state index contributed by atoms with van der Waals surface area (Å²) in [6.45, 7) is 2.77. The van der Waals surface area contributed by atoms with Gasteiger partial charge in [-0.1, -0.05) is 24.3 Å². The summed E-state index contributed by atoms with van der Waals surface area (Å²) in [7, 11) is 0. The number of benzene rings is 2. The lowest BCUT2D eigenvalue weighted by atomic mass is 9.98. The fraction of sp³-hybridized carbons (Fsp3) is 0.364. The van der Waals surface area contributed by atoms with Crippen LogP contribution in [0.1, 0.15) is 35.7 Å². The molecule has 1 fully saturated rings. The normalized spacial score (nSPS) is 19.5. The van der Waals surface area contributed by atoms with Crippen LogP contribution in [0, 0.1) is 11.3 Å². The van der Waals surface area contributed by atoms with Gasteiger partial charge in [0, 0.05) is 29.6 Å². The summed E-state index contributed by atoms with van der Waals surface area (Å²) in [5, 5.41) is 24.5. The second kappa shape index (κ2) is 9.15. The summed E-state index contributed by atoms with van der Waals surface area (Å²) in [4.78, 5) is 35.1. The molecule has 1 aliphatic heterocycles. The van der Waals surface area contributed by atoms with Gasteiger partial charge in [-0.25, -0.2) is 4.79 Å². The number of nitrogens with one attached hydrogen (secondary N) is 3. The fourth-order valence-electron chi connectivity index (χ4n) is 3.80. The van der Waals surface area contributed by atoms with Crippen LogP contribution >= 0.6 is 0 Å². The zero-order valence-electron chi connectivity index (χ0n) is 16.8. The molecule has 0 unspecified atom stereocenters. The number of ketones is 2. The van der Waals surface area contributed by atoms with Crippen LogP contribution < -0.4 is 16.4 Å². The molecule has 6 N–H and O–H groups in total. The number of Topliss-reactive ketones (excluding diaryl/α,β-unsaturated/α-hetero) is 2. The summed E-state index contributed by atoms with van der Waals surface area (Å²) >= 11 is 0. The minimum absolute atomic E-state index is 0.00488. The highest BCUT2D eigenvalue weighted by atomic mass is 16.4. The van der Waals surface area contributed by atoms with E-state index < -0.39 is 17.7 Å². The van der Waals surface area contributed by atoms with Crippen molar-refractivity contribution >= 4 is 34.1 Å². The maximum Gasteiger partial charge on any atom is 0.372 e. The highest BCUT2D eigenvalue weighted by Crippen LogP contribution is 2.20. The van der Waals surface area contributed by atoms with Gasteiger partial charge < -0.3 is 21.5 Å². The number of carbonyl (C=O) groups excluding carboxylic acids is 2. The van der Waals surface area contributed by atoms with Crippen molar-refractivity contribution < 1.29 is 19.5 Å². The van der Waals surface area contributed by atoms with Crippen LogP contribution in [0.2, 0.25) is 0 Å². The Labute approximate surface area is 174 Å². The first-order valence-electron chi connectivity index (χ1n) is 9.92. The molecule has 158 valence electrons. The van der Waals surface area contributed by atoms with E-state index >= 15 is 0 Å². The minimum atomic E-state index is -1.38. The summed E-state index contributed by atoms with van der Waals surface area (Å²) in [6, 6.07) is 10.6. The predicted octanol–water partition coefficient (Wildman–Crippen LogP) is 1.31.